The molecule has 1 aromatic heterocycles. The van der Waals surface area contributed by atoms with Crippen LogP contribution in [0.1, 0.15) is 40.3 Å². The third-order valence-electron chi connectivity index (χ3n) is 3.87. The van der Waals surface area contributed by atoms with Gasteiger partial charge in [0.25, 0.3) is 11.6 Å². The topological polar surface area (TPSA) is 98.0 Å². The summed E-state index contributed by atoms with van der Waals surface area (Å²) in [6, 6.07) is 5.51. The van der Waals surface area contributed by atoms with Crippen molar-refractivity contribution in [3.05, 3.63) is 57.0 Å². The molecule has 2 aromatic rings. The molecule has 118 valence electrons. The molecule has 0 fully saturated rings. The van der Waals surface area contributed by atoms with Crippen LogP contribution in [-0.2, 0) is 12.8 Å². The van der Waals surface area contributed by atoms with Gasteiger partial charge in [0.15, 0.2) is 0 Å². The number of hydrogen-bond donors (Lipinski definition) is 1. The molecule has 0 saturated heterocycles. The monoisotopic (exact) mass is 312 g/mol. The predicted molar refractivity (Wildman–Crippen MR) is 84.5 cm³/mol. The Morgan fingerprint density at radius 3 is 2.57 bits per heavy atom. The molecule has 1 N–H and O–H groups in total. The zero-order chi connectivity index (χ0) is 16.4. The lowest BCUT2D eigenvalue weighted by Crippen LogP contribution is -2.18. The van der Waals surface area contributed by atoms with E-state index in [1.54, 1.807) is 6.92 Å². The summed E-state index contributed by atoms with van der Waals surface area (Å²) in [6.45, 7) is 1.80. The molecule has 0 bridgehead atoms. The van der Waals surface area contributed by atoms with Gasteiger partial charge in [-0.15, -0.1) is 0 Å². The number of nitro groups is 1. The minimum Gasteiger partial charge on any atom is -0.306 e. The molecule has 0 radical (unpaired) electrons. The third kappa shape index (κ3) is 3.18. The molecule has 1 heterocycles. The van der Waals surface area contributed by atoms with Crippen molar-refractivity contribution in [2.75, 3.05) is 5.32 Å². The summed E-state index contributed by atoms with van der Waals surface area (Å²) >= 11 is 0. The van der Waals surface area contributed by atoms with Crippen molar-refractivity contribution >= 4 is 17.4 Å². The minimum atomic E-state index is -0.494. The molecule has 7 nitrogen and oxygen atoms in total. The van der Waals surface area contributed by atoms with Crippen LogP contribution in [0.3, 0.4) is 0 Å². The van der Waals surface area contributed by atoms with E-state index in [1.807, 2.05) is 0 Å². The Morgan fingerprint density at radius 1 is 1.17 bits per heavy atom. The van der Waals surface area contributed by atoms with Crippen molar-refractivity contribution < 1.29 is 9.72 Å². The maximum atomic E-state index is 12.4. The Kier molecular flexibility index (Phi) is 4.01. The molecular weight excluding hydrogens is 296 g/mol. The second-order valence-corrected chi connectivity index (χ2v) is 5.51. The highest BCUT2D eigenvalue weighted by atomic mass is 16.6. The van der Waals surface area contributed by atoms with Gasteiger partial charge in [0.2, 0.25) is 0 Å². The number of benzene rings is 1. The Balaban J connectivity index is 1.85. The Hall–Kier alpha value is -2.83. The van der Waals surface area contributed by atoms with Crippen LogP contribution in [0.5, 0.6) is 0 Å². The number of rotatable bonds is 3. The third-order valence-corrected chi connectivity index (χ3v) is 3.87. The highest BCUT2D eigenvalue weighted by Crippen LogP contribution is 2.25. The summed E-state index contributed by atoms with van der Waals surface area (Å²) in [4.78, 5) is 31.3. The van der Waals surface area contributed by atoms with Crippen molar-refractivity contribution in [3.63, 3.8) is 0 Å². The first-order chi connectivity index (χ1) is 11.0. The van der Waals surface area contributed by atoms with Gasteiger partial charge in [0, 0.05) is 29.0 Å². The lowest BCUT2D eigenvalue weighted by molar-refractivity contribution is -0.384. The van der Waals surface area contributed by atoms with E-state index in [1.165, 1.54) is 24.3 Å². The number of aryl methyl sites for hydroxylation is 2. The molecule has 0 unspecified atom stereocenters. The van der Waals surface area contributed by atoms with E-state index in [4.69, 9.17) is 0 Å². The van der Waals surface area contributed by atoms with E-state index >= 15 is 0 Å². The average molecular weight is 312 g/mol. The van der Waals surface area contributed by atoms with Crippen LogP contribution in [0.25, 0.3) is 0 Å². The van der Waals surface area contributed by atoms with Crippen LogP contribution in [-0.4, -0.2) is 20.8 Å². The molecule has 0 spiro atoms. The predicted octanol–water partition coefficient (Wildman–Crippen LogP) is 2.82. The van der Waals surface area contributed by atoms with Gasteiger partial charge in [-0.05, 0) is 44.7 Å². The number of hydrogen-bond acceptors (Lipinski definition) is 5. The summed E-state index contributed by atoms with van der Waals surface area (Å²) in [5.41, 5.74) is 2.31. The number of nitrogens with zero attached hydrogens (tertiary/aromatic N) is 3. The second-order valence-electron chi connectivity index (χ2n) is 5.51. The molecule has 0 saturated carbocycles. The standard InChI is InChI=1S/C16H16N4O3/c1-10-17-14-5-3-2-4-13(14)15(18-10)19-16(21)11-6-8-12(9-7-11)20(22)23/h6-9H,2-5H2,1H3,(H,17,18,19,21). The molecule has 1 aliphatic rings. The molecule has 0 aliphatic heterocycles. The summed E-state index contributed by atoms with van der Waals surface area (Å²) in [5.74, 6) is 0.853. The number of carbonyl (C=O) groups is 1. The lowest BCUT2D eigenvalue weighted by atomic mass is 9.96. The van der Waals surface area contributed by atoms with E-state index in [9.17, 15) is 14.9 Å². The van der Waals surface area contributed by atoms with Gasteiger partial charge < -0.3 is 5.32 Å². The lowest BCUT2D eigenvalue weighted by Gasteiger charge is -2.18. The number of non-ortho nitro benzene ring substituents is 1. The summed E-state index contributed by atoms with van der Waals surface area (Å²) in [7, 11) is 0. The SMILES string of the molecule is Cc1nc2c(c(NC(=O)c3ccc([N+](=O)[O-])cc3)n1)CCCC2. The van der Waals surface area contributed by atoms with Crippen LogP contribution in [0.15, 0.2) is 24.3 Å². The molecule has 1 amide bonds. The smallest absolute Gasteiger partial charge is 0.269 e. The van der Waals surface area contributed by atoms with E-state index in [0.717, 1.165) is 36.9 Å². The molecule has 7 heteroatoms. The first kappa shape index (κ1) is 15.1. The Labute approximate surface area is 132 Å². The van der Waals surface area contributed by atoms with Crippen molar-refractivity contribution in [3.8, 4) is 0 Å². The van der Waals surface area contributed by atoms with Gasteiger partial charge >= 0.3 is 0 Å². The average Bonchev–Trinajstić information content (AvgIpc) is 2.54. The van der Waals surface area contributed by atoms with Crippen LogP contribution in [0, 0.1) is 17.0 Å². The van der Waals surface area contributed by atoms with Crippen LogP contribution < -0.4 is 5.32 Å². The largest absolute Gasteiger partial charge is 0.306 e. The fraction of sp³-hybridized carbons (Fsp3) is 0.312. The van der Waals surface area contributed by atoms with E-state index in [-0.39, 0.29) is 11.6 Å². The normalized spacial score (nSPS) is 13.3. The Morgan fingerprint density at radius 2 is 1.87 bits per heavy atom. The fourth-order valence-electron chi connectivity index (χ4n) is 2.74. The van der Waals surface area contributed by atoms with Gasteiger partial charge in [-0.1, -0.05) is 0 Å². The Bertz CT molecular complexity index is 772. The quantitative estimate of drug-likeness (QED) is 0.694. The van der Waals surface area contributed by atoms with Crippen molar-refractivity contribution in [1.29, 1.82) is 0 Å². The van der Waals surface area contributed by atoms with E-state index < -0.39 is 4.92 Å². The maximum Gasteiger partial charge on any atom is 0.269 e. The van der Waals surface area contributed by atoms with Crippen LogP contribution in [0.4, 0.5) is 11.5 Å². The number of fused-ring (bicyclic) bond motifs is 1. The molecule has 23 heavy (non-hydrogen) atoms. The molecule has 1 aliphatic carbocycles. The zero-order valence-electron chi connectivity index (χ0n) is 12.7. The first-order valence-corrected chi connectivity index (χ1v) is 7.47. The van der Waals surface area contributed by atoms with Gasteiger partial charge in [0.05, 0.1) is 4.92 Å². The number of nitrogens with one attached hydrogen (secondary N) is 1. The molecule has 0 atom stereocenters. The van der Waals surface area contributed by atoms with Gasteiger partial charge in [-0.2, -0.15) is 0 Å². The molecule has 3 rings (SSSR count). The van der Waals surface area contributed by atoms with Crippen molar-refractivity contribution in [1.82, 2.24) is 9.97 Å². The van der Waals surface area contributed by atoms with Gasteiger partial charge in [-0.3, -0.25) is 14.9 Å². The summed E-state index contributed by atoms with van der Waals surface area (Å²) < 4.78 is 0. The summed E-state index contributed by atoms with van der Waals surface area (Å²) in [6.07, 6.45) is 3.91. The number of anilines is 1. The van der Waals surface area contributed by atoms with Gasteiger partial charge in [0.1, 0.15) is 11.6 Å². The molecule has 1 aromatic carbocycles. The highest BCUT2D eigenvalue weighted by Gasteiger charge is 2.19. The first-order valence-electron chi connectivity index (χ1n) is 7.47. The van der Waals surface area contributed by atoms with Crippen molar-refractivity contribution in [2.24, 2.45) is 0 Å². The van der Waals surface area contributed by atoms with Gasteiger partial charge in [-0.25, -0.2) is 9.97 Å². The van der Waals surface area contributed by atoms with E-state index in [2.05, 4.69) is 15.3 Å². The fourth-order valence-corrected chi connectivity index (χ4v) is 2.74. The highest BCUT2D eigenvalue weighted by molar-refractivity contribution is 6.04. The number of amides is 1. The number of aromatic nitrogens is 2. The number of carbonyl (C=O) groups excluding carboxylic acids is 1. The van der Waals surface area contributed by atoms with Crippen LogP contribution >= 0.6 is 0 Å². The second kappa shape index (κ2) is 6.12. The van der Waals surface area contributed by atoms with Crippen LogP contribution in [0.2, 0.25) is 0 Å². The minimum absolute atomic E-state index is 0.0446. The number of nitro benzene ring substituents is 1. The van der Waals surface area contributed by atoms with E-state index in [0.29, 0.717) is 17.2 Å². The van der Waals surface area contributed by atoms with Crippen molar-refractivity contribution in [2.45, 2.75) is 32.6 Å². The maximum absolute atomic E-state index is 12.4. The molecular formula is C16H16N4O3. The zero-order valence-corrected chi connectivity index (χ0v) is 12.7. The summed E-state index contributed by atoms with van der Waals surface area (Å²) in [5, 5.41) is 13.5.